The summed E-state index contributed by atoms with van der Waals surface area (Å²) >= 11 is 5.64. The lowest BCUT2D eigenvalue weighted by atomic mass is 10.2. The molecule has 2 aromatic rings. The van der Waals surface area contributed by atoms with Gasteiger partial charge in [0.25, 0.3) is 10.0 Å². The molecular formula is C11H9ClFN3O2S. The number of halogens is 2. The molecule has 1 aromatic carbocycles. The molecule has 0 spiro atoms. The molecule has 0 fully saturated rings. The van der Waals surface area contributed by atoms with Crippen molar-refractivity contribution < 1.29 is 12.8 Å². The molecule has 2 rings (SSSR count). The van der Waals surface area contributed by atoms with E-state index in [-0.39, 0.29) is 21.6 Å². The van der Waals surface area contributed by atoms with Gasteiger partial charge in [-0.05, 0) is 36.8 Å². The van der Waals surface area contributed by atoms with Gasteiger partial charge in [-0.2, -0.15) is 0 Å². The summed E-state index contributed by atoms with van der Waals surface area (Å²) in [5.74, 6) is -0.647. The SMILES string of the molecule is Cc1cc(F)ccc1S(=O)(=O)Nc1nccc(Cl)n1. The smallest absolute Gasteiger partial charge is 0.247 e. The lowest BCUT2D eigenvalue weighted by Crippen LogP contribution is -2.16. The Bertz CT molecular complexity index is 722. The van der Waals surface area contributed by atoms with Crippen LogP contribution in [0, 0.1) is 12.7 Å². The molecular weight excluding hydrogens is 293 g/mol. The maximum atomic E-state index is 13.0. The summed E-state index contributed by atoms with van der Waals surface area (Å²) < 4.78 is 39.3. The molecule has 0 saturated heterocycles. The first-order valence-corrected chi connectivity index (χ1v) is 7.02. The summed E-state index contributed by atoms with van der Waals surface area (Å²) in [5.41, 5.74) is 0.287. The molecule has 0 aliphatic carbocycles. The third-order valence-corrected chi connectivity index (χ3v) is 3.97. The molecule has 0 atom stereocenters. The third-order valence-electron chi connectivity index (χ3n) is 2.27. The first-order chi connectivity index (χ1) is 8.88. The molecule has 0 bridgehead atoms. The maximum absolute atomic E-state index is 13.0. The molecule has 1 aromatic heterocycles. The monoisotopic (exact) mass is 301 g/mol. The number of sulfonamides is 1. The molecule has 0 unspecified atom stereocenters. The molecule has 8 heteroatoms. The van der Waals surface area contributed by atoms with Gasteiger partial charge < -0.3 is 0 Å². The van der Waals surface area contributed by atoms with Gasteiger partial charge >= 0.3 is 0 Å². The second-order valence-corrected chi connectivity index (χ2v) is 5.76. The number of rotatable bonds is 3. The van der Waals surface area contributed by atoms with Crippen LogP contribution in [-0.2, 0) is 10.0 Å². The van der Waals surface area contributed by atoms with Gasteiger partial charge in [0.15, 0.2) is 0 Å². The van der Waals surface area contributed by atoms with Crippen LogP contribution in [0.15, 0.2) is 35.4 Å². The van der Waals surface area contributed by atoms with Crippen LogP contribution in [0.2, 0.25) is 5.15 Å². The van der Waals surface area contributed by atoms with Crippen molar-refractivity contribution in [3.8, 4) is 0 Å². The molecule has 0 saturated carbocycles. The fourth-order valence-corrected chi connectivity index (χ4v) is 2.79. The summed E-state index contributed by atoms with van der Waals surface area (Å²) in [5, 5.41) is 0.114. The van der Waals surface area contributed by atoms with E-state index < -0.39 is 15.8 Å². The third kappa shape index (κ3) is 3.18. The largest absolute Gasteiger partial charge is 0.264 e. The zero-order valence-electron chi connectivity index (χ0n) is 9.76. The summed E-state index contributed by atoms with van der Waals surface area (Å²) in [6, 6.07) is 4.80. The highest BCUT2D eigenvalue weighted by Gasteiger charge is 2.18. The summed E-state index contributed by atoms with van der Waals surface area (Å²) in [6.07, 6.45) is 1.32. The molecule has 1 heterocycles. The number of nitrogens with one attached hydrogen (secondary N) is 1. The summed E-state index contributed by atoms with van der Waals surface area (Å²) in [4.78, 5) is 7.41. The van der Waals surface area contributed by atoms with E-state index in [9.17, 15) is 12.8 Å². The Labute approximate surface area is 114 Å². The van der Waals surface area contributed by atoms with Crippen LogP contribution in [-0.4, -0.2) is 18.4 Å². The zero-order chi connectivity index (χ0) is 14.0. The van der Waals surface area contributed by atoms with E-state index in [1.54, 1.807) is 0 Å². The minimum atomic E-state index is -3.88. The van der Waals surface area contributed by atoms with Gasteiger partial charge in [-0.1, -0.05) is 11.6 Å². The van der Waals surface area contributed by atoms with Gasteiger partial charge in [0.05, 0.1) is 4.90 Å². The van der Waals surface area contributed by atoms with Gasteiger partial charge in [0.1, 0.15) is 11.0 Å². The topological polar surface area (TPSA) is 72.0 Å². The number of hydrogen-bond acceptors (Lipinski definition) is 4. The Morgan fingerprint density at radius 1 is 1.32 bits per heavy atom. The van der Waals surface area contributed by atoms with Crippen LogP contribution in [0.3, 0.4) is 0 Å². The van der Waals surface area contributed by atoms with Gasteiger partial charge in [0.2, 0.25) is 5.95 Å². The van der Waals surface area contributed by atoms with Crippen molar-refractivity contribution in [2.45, 2.75) is 11.8 Å². The van der Waals surface area contributed by atoms with Crippen molar-refractivity contribution in [3.63, 3.8) is 0 Å². The standard InChI is InChI=1S/C11H9ClFN3O2S/c1-7-6-8(13)2-3-9(7)19(17,18)16-11-14-5-4-10(12)15-11/h2-6H,1H3,(H,14,15,16). The molecule has 0 amide bonds. The van der Waals surface area contributed by atoms with E-state index in [0.29, 0.717) is 0 Å². The number of anilines is 1. The number of benzene rings is 1. The predicted molar refractivity (Wildman–Crippen MR) is 69.0 cm³/mol. The second kappa shape index (κ2) is 5.10. The Morgan fingerprint density at radius 2 is 2.05 bits per heavy atom. The van der Waals surface area contributed by atoms with E-state index in [1.807, 2.05) is 0 Å². The molecule has 0 aliphatic rings. The van der Waals surface area contributed by atoms with E-state index >= 15 is 0 Å². The van der Waals surface area contributed by atoms with Crippen molar-refractivity contribution in [3.05, 3.63) is 47.0 Å². The van der Waals surface area contributed by atoms with Crippen LogP contribution in [0.1, 0.15) is 5.56 Å². The number of nitrogens with zero attached hydrogens (tertiary/aromatic N) is 2. The van der Waals surface area contributed by atoms with Crippen molar-refractivity contribution >= 4 is 27.6 Å². The molecule has 19 heavy (non-hydrogen) atoms. The Kier molecular flexibility index (Phi) is 3.68. The quantitative estimate of drug-likeness (QED) is 0.884. The first-order valence-electron chi connectivity index (χ1n) is 5.16. The fraction of sp³-hybridized carbons (Fsp3) is 0.0909. The molecule has 0 aliphatic heterocycles. The fourth-order valence-electron chi connectivity index (χ4n) is 1.48. The van der Waals surface area contributed by atoms with Crippen molar-refractivity contribution in [2.24, 2.45) is 0 Å². The molecule has 1 N–H and O–H groups in total. The Hall–Kier alpha value is -1.73. The highest BCUT2D eigenvalue weighted by molar-refractivity contribution is 7.92. The van der Waals surface area contributed by atoms with Crippen LogP contribution in [0.4, 0.5) is 10.3 Å². The van der Waals surface area contributed by atoms with Crippen LogP contribution >= 0.6 is 11.6 Å². The number of aryl methyl sites for hydroxylation is 1. The molecule has 100 valence electrons. The van der Waals surface area contributed by atoms with Crippen molar-refractivity contribution in [2.75, 3.05) is 4.72 Å². The van der Waals surface area contributed by atoms with Gasteiger partial charge in [-0.3, -0.25) is 0 Å². The van der Waals surface area contributed by atoms with E-state index in [0.717, 1.165) is 12.1 Å². The lowest BCUT2D eigenvalue weighted by molar-refractivity contribution is 0.598. The molecule has 0 radical (unpaired) electrons. The first kappa shape index (κ1) is 13.7. The lowest BCUT2D eigenvalue weighted by Gasteiger charge is -2.09. The number of hydrogen-bond donors (Lipinski definition) is 1. The van der Waals surface area contributed by atoms with Crippen LogP contribution in [0.25, 0.3) is 0 Å². The van der Waals surface area contributed by atoms with E-state index in [4.69, 9.17) is 11.6 Å². The van der Waals surface area contributed by atoms with Crippen LogP contribution < -0.4 is 4.72 Å². The highest BCUT2D eigenvalue weighted by Crippen LogP contribution is 2.18. The molecule has 5 nitrogen and oxygen atoms in total. The highest BCUT2D eigenvalue weighted by atomic mass is 35.5. The van der Waals surface area contributed by atoms with Crippen molar-refractivity contribution in [1.82, 2.24) is 9.97 Å². The predicted octanol–water partition coefficient (Wildman–Crippen LogP) is 2.38. The average Bonchev–Trinajstić information content (AvgIpc) is 2.27. The van der Waals surface area contributed by atoms with Crippen molar-refractivity contribution in [1.29, 1.82) is 0 Å². The van der Waals surface area contributed by atoms with Crippen LogP contribution in [0.5, 0.6) is 0 Å². The Balaban J connectivity index is 2.38. The number of aromatic nitrogens is 2. The maximum Gasteiger partial charge on any atom is 0.264 e. The van der Waals surface area contributed by atoms with E-state index in [2.05, 4.69) is 14.7 Å². The Morgan fingerprint density at radius 3 is 2.68 bits per heavy atom. The zero-order valence-corrected chi connectivity index (χ0v) is 11.3. The van der Waals surface area contributed by atoms with Gasteiger partial charge in [0, 0.05) is 6.20 Å². The minimum Gasteiger partial charge on any atom is -0.247 e. The average molecular weight is 302 g/mol. The van der Waals surface area contributed by atoms with E-state index in [1.165, 1.54) is 25.3 Å². The van der Waals surface area contributed by atoms with Gasteiger partial charge in [-0.25, -0.2) is 27.5 Å². The second-order valence-electron chi connectivity index (χ2n) is 3.72. The summed E-state index contributed by atoms with van der Waals surface area (Å²) in [7, 11) is -3.88. The minimum absolute atomic E-state index is 0.0440. The van der Waals surface area contributed by atoms with Gasteiger partial charge in [-0.15, -0.1) is 0 Å². The summed E-state index contributed by atoms with van der Waals surface area (Å²) in [6.45, 7) is 1.50. The normalized spacial score (nSPS) is 11.3.